The number of hydrogen-bond acceptors (Lipinski definition) is 3. The Morgan fingerprint density at radius 3 is 3.10 bits per heavy atom. The topological polar surface area (TPSA) is 58.6 Å². The Hall–Kier alpha value is -1.83. The number of amides is 1. The van der Waals surface area contributed by atoms with Crippen LogP contribution in [0.15, 0.2) is 18.2 Å². The number of aryl methyl sites for hydroxylation is 1. The quantitative estimate of drug-likeness (QED) is 0.831. The summed E-state index contributed by atoms with van der Waals surface area (Å²) in [6, 6.07) is 5.68. The molecule has 1 fully saturated rings. The zero-order valence-corrected chi connectivity index (χ0v) is 12.3. The van der Waals surface area contributed by atoms with E-state index in [1.54, 1.807) is 6.07 Å². The first kappa shape index (κ1) is 15.6. The van der Waals surface area contributed by atoms with Crippen molar-refractivity contribution < 1.29 is 14.6 Å². The molecule has 2 N–H and O–H groups in total. The highest BCUT2D eigenvalue weighted by atomic mass is 16.5. The Morgan fingerprint density at radius 1 is 1.52 bits per heavy atom. The van der Waals surface area contributed by atoms with Crippen molar-refractivity contribution in [2.45, 2.75) is 32.2 Å². The van der Waals surface area contributed by atoms with Crippen LogP contribution < -0.4 is 5.32 Å². The average molecular weight is 287 g/mol. The summed E-state index contributed by atoms with van der Waals surface area (Å²) in [5.41, 5.74) is 2.34. The van der Waals surface area contributed by atoms with E-state index in [-0.39, 0.29) is 18.6 Å². The molecule has 0 spiro atoms. The maximum atomic E-state index is 12.4. The molecule has 21 heavy (non-hydrogen) atoms. The molecular weight excluding hydrogens is 266 g/mol. The van der Waals surface area contributed by atoms with E-state index in [4.69, 9.17) is 9.84 Å². The molecule has 0 saturated carbocycles. The summed E-state index contributed by atoms with van der Waals surface area (Å²) in [7, 11) is 0. The van der Waals surface area contributed by atoms with E-state index in [0.717, 1.165) is 25.0 Å². The lowest BCUT2D eigenvalue weighted by Gasteiger charge is -2.23. The molecule has 1 aromatic rings. The fourth-order valence-corrected chi connectivity index (χ4v) is 2.29. The second-order valence-corrected chi connectivity index (χ2v) is 5.21. The summed E-state index contributed by atoms with van der Waals surface area (Å²) in [6.45, 7) is 3.34. The monoisotopic (exact) mass is 287 g/mol. The number of ether oxygens (including phenoxy) is 1. The summed E-state index contributed by atoms with van der Waals surface area (Å²) in [5.74, 6) is 5.73. The van der Waals surface area contributed by atoms with Crippen LogP contribution in [0.2, 0.25) is 0 Å². The standard InChI is InChI=1S/C17H21NO3/c1-13-7-8-16(14(11-13)5-2-3-9-19)17(20)18-15-6-4-10-21-12-15/h7-8,11,15,19H,3-4,6,9-10,12H2,1H3,(H,18,20). The Morgan fingerprint density at radius 2 is 2.38 bits per heavy atom. The SMILES string of the molecule is Cc1ccc(C(=O)NC2CCCOC2)c(C#CCCO)c1. The predicted octanol–water partition coefficient (Wildman–Crippen LogP) is 1.64. The first-order valence-electron chi connectivity index (χ1n) is 7.29. The molecule has 1 heterocycles. The number of hydrogen-bond donors (Lipinski definition) is 2. The predicted molar refractivity (Wildman–Crippen MR) is 81.1 cm³/mol. The van der Waals surface area contributed by atoms with Crippen LogP contribution in [0.25, 0.3) is 0 Å². The van der Waals surface area contributed by atoms with Gasteiger partial charge in [-0.1, -0.05) is 17.9 Å². The van der Waals surface area contributed by atoms with Crippen LogP contribution in [-0.4, -0.2) is 36.9 Å². The summed E-state index contributed by atoms with van der Waals surface area (Å²) in [4.78, 5) is 12.4. The molecule has 1 aliphatic rings. The minimum absolute atomic E-state index is 0.0275. The highest BCUT2D eigenvalue weighted by molar-refractivity contribution is 5.97. The number of rotatable bonds is 3. The van der Waals surface area contributed by atoms with Crippen molar-refractivity contribution in [1.82, 2.24) is 5.32 Å². The van der Waals surface area contributed by atoms with Gasteiger partial charge in [0, 0.05) is 18.6 Å². The number of aliphatic hydroxyl groups is 1. The number of benzene rings is 1. The zero-order valence-electron chi connectivity index (χ0n) is 12.3. The van der Waals surface area contributed by atoms with Crippen molar-refractivity contribution in [2.24, 2.45) is 0 Å². The molecule has 1 unspecified atom stereocenters. The molecule has 1 atom stereocenters. The molecule has 112 valence electrons. The molecule has 0 aromatic heterocycles. The average Bonchev–Trinajstić information content (AvgIpc) is 2.48. The van der Waals surface area contributed by atoms with Crippen LogP contribution in [0.1, 0.15) is 40.7 Å². The highest BCUT2D eigenvalue weighted by Gasteiger charge is 2.18. The van der Waals surface area contributed by atoms with Gasteiger partial charge in [-0.2, -0.15) is 0 Å². The summed E-state index contributed by atoms with van der Waals surface area (Å²) in [6.07, 6.45) is 2.33. The van der Waals surface area contributed by atoms with Gasteiger partial charge in [-0.3, -0.25) is 4.79 Å². The van der Waals surface area contributed by atoms with Gasteiger partial charge in [0.2, 0.25) is 0 Å². The van der Waals surface area contributed by atoms with Gasteiger partial charge in [0.05, 0.1) is 24.8 Å². The first-order chi connectivity index (χ1) is 10.2. The van der Waals surface area contributed by atoms with Gasteiger partial charge in [0.25, 0.3) is 5.91 Å². The smallest absolute Gasteiger partial charge is 0.252 e. The Labute approximate surface area is 125 Å². The van der Waals surface area contributed by atoms with Crippen molar-refractivity contribution in [1.29, 1.82) is 0 Å². The molecule has 2 rings (SSSR count). The number of nitrogens with one attached hydrogen (secondary N) is 1. The third-order valence-electron chi connectivity index (χ3n) is 3.38. The van der Waals surface area contributed by atoms with E-state index in [1.807, 2.05) is 19.1 Å². The fraction of sp³-hybridized carbons (Fsp3) is 0.471. The molecule has 0 aliphatic carbocycles. The van der Waals surface area contributed by atoms with E-state index in [0.29, 0.717) is 24.2 Å². The Balaban J connectivity index is 2.13. The molecule has 1 aliphatic heterocycles. The maximum absolute atomic E-state index is 12.4. The van der Waals surface area contributed by atoms with Crippen LogP contribution in [0.3, 0.4) is 0 Å². The van der Waals surface area contributed by atoms with Crippen LogP contribution in [0, 0.1) is 18.8 Å². The Bertz CT molecular complexity index is 551. The van der Waals surface area contributed by atoms with Crippen molar-refractivity contribution in [2.75, 3.05) is 19.8 Å². The summed E-state index contributed by atoms with van der Waals surface area (Å²) >= 11 is 0. The molecular formula is C17H21NO3. The van der Waals surface area contributed by atoms with E-state index in [9.17, 15) is 4.79 Å². The first-order valence-corrected chi connectivity index (χ1v) is 7.29. The van der Waals surface area contributed by atoms with Crippen molar-refractivity contribution >= 4 is 5.91 Å². The van der Waals surface area contributed by atoms with E-state index in [2.05, 4.69) is 17.2 Å². The summed E-state index contributed by atoms with van der Waals surface area (Å²) in [5, 5.41) is 11.8. The van der Waals surface area contributed by atoms with Crippen molar-refractivity contribution in [3.8, 4) is 11.8 Å². The summed E-state index contributed by atoms with van der Waals surface area (Å²) < 4.78 is 5.38. The van der Waals surface area contributed by atoms with Gasteiger partial charge in [0.15, 0.2) is 0 Å². The van der Waals surface area contributed by atoms with E-state index in [1.165, 1.54) is 0 Å². The van der Waals surface area contributed by atoms with Crippen molar-refractivity contribution in [3.63, 3.8) is 0 Å². The zero-order chi connectivity index (χ0) is 15.1. The van der Waals surface area contributed by atoms with Gasteiger partial charge in [0.1, 0.15) is 0 Å². The Kier molecular flexibility index (Phi) is 5.79. The maximum Gasteiger partial charge on any atom is 0.252 e. The molecule has 1 aromatic carbocycles. The number of carbonyl (C=O) groups excluding carboxylic acids is 1. The van der Waals surface area contributed by atoms with Gasteiger partial charge in [-0.05, 0) is 37.5 Å². The van der Waals surface area contributed by atoms with Crippen LogP contribution in [-0.2, 0) is 4.74 Å². The lowest BCUT2D eigenvalue weighted by Crippen LogP contribution is -2.40. The molecule has 0 radical (unpaired) electrons. The highest BCUT2D eigenvalue weighted by Crippen LogP contribution is 2.13. The van der Waals surface area contributed by atoms with Gasteiger partial charge in [-0.25, -0.2) is 0 Å². The minimum Gasteiger partial charge on any atom is -0.395 e. The lowest BCUT2D eigenvalue weighted by atomic mass is 10.0. The minimum atomic E-state index is -0.112. The molecule has 1 saturated heterocycles. The third kappa shape index (κ3) is 4.59. The van der Waals surface area contributed by atoms with Crippen molar-refractivity contribution in [3.05, 3.63) is 34.9 Å². The van der Waals surface area contributed by atoms with E-state index >= 15 is 0 Å². The largest absolute Gasteiger partial charge is 0.395 e. The van der Waals surface area contributed by atoms with Crippen LogP contribution in [0.5, 0.6) is 0 Å². The van der Waals surface area contributed by atoms with Crippen LogP contribution in [0.4, 0.5) is 0 Å². The fourth-order valence-electron chi connectivity index (χ4n) is 2.29. The molecule has 0 bridgehead atoms. The van der Waals surface area contributed by atoms with E-state index < -0.39 is 0 Å². The second-order valence-electron chi connectivity index (χ2n) is 5.21. The number of aliphatic hydroxyl groups excluding tert-OH is 1. The van der Waals surface area contributed by atoms with Gasteiger partial charge in [-0.15, -0.1) is 0 Å². The van der Waals surface area contributed by atoms with Crippen LogP contribution >= 0.6 is 0 Å². The van der Waals surface area contributed by atoms with Gasteiger partial charge >= 0.3 is 0 Å². The second kappa shape index (κ2) is 7.82. The lowest BCUT2D eigenvalue weighted by molar-refractivity contribution is 0.0624. The molecule has 1 amide bonds. The normalized spacial score (nSPS) is 17.7. The molecule has 4 nitrogen and oxygen atoms in total. The molecule has 4 heteroatoms. The van der Waals surface area contributed by atoms with Gasteiger partial charge < -0.3 is 15.2 Å². The number of carbonyl (C=O) groups is 1. The third-order valence-corrected chi connectivity index (χ3v) is 3.38.